The lowest BCUT2D eigenvalue weighted by Gasteiger charge is -2.28. The average molecular weight is 445 g/mol. The molecule has 0 radical (unpaired) electrons. The molecule has 1 aromatic heterocycles. The Bertz CT molecular complexity index is 687. The van der Waals surface area contributed by atoms with Gasteiger partial charge in [0.2, 0.25) is 0 Å². The quantitative estimate of drug-likeness (QED) is 0.645. The summed E-state index contributed by atoms with van der Waals surface area (Å²) in [7, 11) is 2.10. The number of fused-ring (bicyclic) bond motifs is 1. The van der Waals surface area contributed by atoms with Crippen LogP contribution >= 0.6 is 23.7 Å². The molecule has 0 spiro atoms. The molecule has 1 aliphatic heterocycles. The van der Waals surface area contributed by atoms with Crippen LogP contribution in [-0.2, 0) is 17.8 Å². The monoisotopic (exact) mass is 444 g/mol. The lowest BCUT2D eigenvalue weighted by Crippen LogP contribution is -2.49. The number of aromatic nitrogens is 1. The zero-order valence-electron chi connectivity index (χ0n) is 15.3. The van der Waals surface area contributed by atoms with Crippen LogP contribution < -0.4 is 11.1 Å². The minimum atomic E-state index is -5.08. The van der Waals surface area contributed by atoms with E-state index in [-0.39, 0.29) is 30.4 Å². The number of carboxylic acid groups (broad SMARTS) is 1. The van der Waals surface area contributed by atoms with E-state index >= 15 is 0 Å². The molecule has 0 aromatic carbocycles. The number of rotatable bonds is 2. The van der Waals surface area contributed by atoms with Crippen LogP contribution in [0.5, 0.6) is 0 Å². The van der Waals surface area contributed by atoms with Gasteiger partial charge >= 0.3 is 12.1 Å². The molecule has 0 bridgehead atoms. The van der Waals surface area contributed by atoms with Crippen molar-refractivity contribution in [3.63, 3.8) is 0 Å². The van der Waals surface area contributed by atoms with Crippen molar-refractivity contribution in [3.8, 4) is 0 Å². The van der Waals surface area contributed by atoms with Crippen molar-refractivity contribution in [2.24, 2.45) is 5.73 Å². The number of halogens is 4. The molecule has 1 amide bonds. The van der Waals surface area contributed by atoms with E-state index in [1.54, 1.807) is 0 Å². The topological polar surface area (TPSA) is 109 Å². The van der Waals surface area contributed by atoms with E-state index in [0.29, 0.717) is 5.01 Å². The van der Waals surface area contributed by atoms with Crippen LogP contribution in [0.1, 0.15) is 46.1 Å². The summed E-state index contributed by atoms with van der Waals surface area (Å²) in [5, 5.41) is 10.8. The van der Waals surface area contributed by atoms with Gasteiger partial charge < -0.3 is 21.1 Å². The zero-order chi connectivity index (χ0) is 20.2. The number of nitrogens with two attached hydrogens (primary N) is 1. The van der Waals surface area contributed by atoms with Crippen molar-refractivity contribution in [2.75, 3.05) is 13.6 Å². The van der Waals surface area contributed by atoms with Crippen LogP contribution in [0, 0.1) is 0 Å². The molecular formula is C16H24ClF3N4O3S. The maximum absolute atomic E-state index is 12.3. The molecule has 4 N–H and O–H groups in total. The van der Waals surface area contributed by atoms with E-state index in [9.17, 15) is 18.0 Å². The standard InChI is InChI=1S/C14H22N4OS.C2HF3O2.ClH/c1-18-7-6-11-12(8-18)20-14(17-11)13(19)16-10-5-3-2-4-9(10)15;3-2(4,5)1(6)7;/h9-10H,2-8,15H2,1H3,(H,16,19);(H,6,7);1H/t9-,10+;;/m0../s1. The normalized spacial score (nSPS) is 22.2. The molecule has 2 atom stereocenters. The van der Waals surface area contributed by atoms with Gasteiger partial charge in [0.1, 0.15) is 0 Å². The van der Waals surface area contributed by atoms with Crippen LogP contribution in [0.25, 0.3) is 0 Å². The number of alkyl halides is 3. The fraction of sp³-hybridized carbons (Fsp3) is 0.688. The van der Waals surface area contributed by atoms with Crippen molar-refractivity contribution >= 4 is 35.6 Å². The predicted molar refractivity (Wildman–Crippen MR) is 101 cm³/mol. The van der Waals surface area contributed by atoms with Crippen molar-refractivity contribution in [1.29, 1.82) is 0 Å². The molecule has 2 aliphatic rings. The molecule has 0 unspecified atom stereocenters. The Morgan fingerprint density at radius 2 is 1.93 bits per heavy atom. The molecule has 12 heteroatoms. The van der Waals surface area contributed by atoms with Gasteiger partial charge in [-0.25, -0.2) is 9.78 Å². The summed E-state index contributed by atoms with van der Waals surface area (Å²) in [5.74, 6) is -2.80. The molecule has 1 aliphatic carbocycles. The molecule has 2 heterocycles. The van der Waals surface area contributed by atoms with Gasteiger partial charge in [-0.1, -0.05) is 12.8 Å². The van der Waals surface area contributed by atoms with Crippen LogP contribution in [0.3, 0.4) is 0 Å². The predicted octanol–water partition coefficient (Wildman–Crippen LogP) is 2.19. The highest BCUT2D eigenvalue weighted by Gasteiger charge is 2.38. The third-order valence-electron chi connectivity index (χ3n) is 4.49. The first-order valence-electron chi connectivity index (χ1n) is 8.61. The first kappa shape index (κ1) is 24.6. The van der Waals surface area contributed by atoms with Crippen LogP contribution in [0.4, 0.5) is 13.2 Å². The Hall–Kier alpha value is -1.43. The number of carbonyl (C=O) groups is 2. The summed E-state index contributed by atoms with van der Waals surface area (Å²) >= 11 is 1.53. The third-order valence-corrected chi connectivity index (χ3v) is 5.58. The highest BCUT2D eigenvalue weighted by atomic mass is 35.5. The van der Waals surface area contributed by atoms with Crippen LogP contribution in [-0.4, -0.2) is 58.7 Å². The number of nitrogens with zero attached hydrogens (tertiary/aromatic N) is 2. The molecule has 7 nitrogen and oxygen atoms in total. The Kier molecular flexibility index (Phi) is 9.12. The number of nitrogens with one attached hydrogen (secondary N) is 1. The first-order valence-corrected chi connectivity index (χ1v) is 9.43. The minimum Gasteiger partial charge on any atom is -0.475 e. The highest BCUT2D eigenvalue weighted by Crippen LogP contribution is 2.25. The van der Waals surface area contributed by atoms with Gasteiger partial charge in [0, 0.05) is 36.5 Å². The van der Waals surface area contributed by atoms with Crippen molar-refractivity contribution in [2.45, 2.75) is 56.9 Å². The van der Waals surface area contributed by atoms with E-state index in [1.807, 2.05) is 0 Å². The van der Waals surface area contributed by atoms with Gasteiger partial charge in [-0.05, 0) is 19.9 Å². The second-order valence-electron chi connectivity index (χ2n) is 6.71. The smallest absolute Gasteiger partial charge is 0.475 e. The number of aliphatic carboxylic acids is 1. The summed E-state index contributed by atoms with van der Waals surface area (Å²) in [6.45, 7) is 1.93. The summed E-state index contributed by atoms with van der Waals surface area (Å²) in [4.78, 5) is 29.2. The number of hydrogen-bond donors (Lipinski definition) is 3. The lowest BCUT2D eigenvalue weighted by atomic mass is 9.91. The summed E-state index contributed by atoms with van der Waals surface area (Å²) < 4.78 is 31.7. The number of thiazole rings is 1. The molecule has 0 saturated heterocycles. The number of carbonyl (C=O) groups excluding carboxylic acids is 1. The Balaban J connectivity index is 0.000000425. The van der Waals surface area contributed by atoms with Gasteiger partial charge in [0.25, 0.3) is 5.91 Å². The number of amides is 1. The Labute approximate surface area is 170 Å². The molecule has 3 rings (SSSR count). The van der Waals surface area contributed by atoms with Crippen molar-refractivity contribution in [1.82, 2.24) is 15.2 Å². The fourth-order valence-electron chi connectivity index (χ4n) is 2.99. The van der Waals surface area contributed by atoms with E-state index < -0.39 is 12.1 Å². The maximum Gasteiger partial charge on any atom is 0.490 e. The van der Waals surface area contributed by atoms with Crippen LogP contribution in [0.2, 0.25) is 0 Å². The molecule has 28 heavy (non-hydrogen) atoms. The summed E-state index contributed by atoms with van der Waals surface area (Å²) in [6.07, 6.45) is 0.173. The second-order valence-corrected chi connectivity index (χ2v) is 7.79. The van der Waals surface area contributed by atoms with Crippen LogP contribution in [0.15, 0.2) is 0 Å². The first-order chi connectivity index (χ1) is 12.6. The summed E-state index contributed by atoms with van der Waals surface area (Å²) in [6, 6.07) is 0.202. The van der Waals surface area contributed by atoms with E-state index in [2.05, 4.69) is 22.2 Å². The number of hydrogen-bond acceptors (Lipinski definition) is 6. The highest BCUT2D eigenvalue weighted by molar-refractivity contribution is 7.13. The Morgan fingerprint density at radius 3 is 2.50 bits per heavy atom. The maximum atomic E-state index is 12.3. The minimum absolute atomic E-state index is 0. The SMILES string of the molecule is CN1CCc2nc(C(=O)N[C@@H]3CCCC[C@@H]3N)sc2C1.Cl.O=C(O)C(F)(F)F. The molecule has 1 aromatic rings. The molecule has 1 fully saturated rings. The summed E-state index contributed by atoms with van der Waals surface area (Å²) in [5.41, 5.74) is 7.19. The Morgan fingerprint density at radius 1 is 1.32 bits per heavy atom. The lowest BCUT2D eigenvalue weighted by molar-refractivity contribution is -0.192. The largest absolute Gasteiger partial charge is 0.490 e. The van der Waals surface area contributed by atoms with Gasteiger partial charge in [0.15, 0.2) is 5.01 Å². The molecule has 1 saturated carbocycles. The second kappa shape index (κ2) is 10.4. The van der Waals surface area contributed by atoms with Gasteiger partial charge in [0.05, 0.1) is 5.69 Å². The molecule has 160 valence electrons. The van der Waals surface area contributed by atoms with Gasteiger partial charge in [-0.15, -0.1) is 23.7 Å². The number of likely N-dealkylation sites (N-methyl/N-ethyl adjacent to an activating group) is 1. The van der Waals surface area contributed by atoms with E-state index in [4.69, 9.17) is 15.6 Å². The molecular weight excluding hydrogens is 421 g/mol. The van der Waals surface area contributed by atoms with Crippen molar-refractivity contribution < 1.29 is 27.9 Å². The third kappa shape index (κ3) is 6.87. The van der Waals surface area contributed by atoms with Crippen molar-refractivity contribution in [3.05, 3.63) is 15.6 Å². The zero-order valence-corrected chi connectivity index (χ0v) is 16.9. The van der Waals surface area contributed by atoms with E-state index in [1.165, 1.54) is 22.6 Å². The van der Waals surface area contributed by atoms with Gasteiger partial charge in [-0.2, -0.15) is 13.2 Å². The number of carboxylic acids is 1. The van der Waals surface area contributed by atoms with E-state index in [0.717, 1.165) is 44.5 Å². The average Bonchev–Trinajstić information content (AvgIpc) is 3.00. The fourth-order valence-corrected chi connectivity index (χ4v) is 4.08. The van der Waals surface area contributed by atoms with Gasteiger partial charge in [-0.3, -0.25) is 4.79 Å².